The summed E-state index contributed by atoms with van der Waals surface area (Å²) in [5, 5.41) is 5.24. The highest BCUT2D eigenvalue weighted by atomic mass is 32.2. The van der Waals surface area contributed by atoms with E-state index in [2.05, 4.69) is 5.10 Å². The summed E-state index contributed by atoms with van der Waals surface area (Å²) >= 11 is 1.42. The molecule has 0 radical (unpaired) electrons. The van der Waals surface area contributed by atoms with Crippen LogP contribution < -0.4 is 5.56 Å². The van der Waals surface area contributed by atoms with Gasteiger partial charge in [-0.05, 0) is 23.9 Å². The van der Waals surface area contributed by atoms with Crippen molar-refractivity contribution >= 4 is 27.1 Å². The van der Waals surface area contributed by atoms with Crippen LogP contribution in [0.15, 0.2) is 34.4 Å². The van der Waals surface area contributed by atoms with Crippen LogP contribution in [0.25, 0.3) is 0 Å². The van der Waals surface area contributed by atoms with Crippen LogP contribution in [0.3, 0.4) is 0 Å². The van der Waals surface area contributed by atoms with Gasteiger partial charge in [0.05, 0.1) is 11.0 Å². The second-order valence-corrected chi connectivity index (χ2v) is 8.91. The molecule has 0 saturated carbocycles. The number of thiophene rings is 1. The molecule has 1 atom stereocenters. The van der Waals surface area contributed by atoms with Gasteiger partial charge in [-0.15, -0.1) is 11.3 Å². The zero-order valence-corrected chi connectivity index (χ0v) is 14.7. The van der Waals surface area contributed by atoms with Crippen LogP contribution in [0.4, 0.5) is 0 Å². The highest BCUT2D eigenvalue weighted by Crippen LogP contribution is 2.32. The monoisotopic (exact) mass is 367 g/mol. The number of carbonyl (C=O) groups is 1. The van der Waals surface area contributed by atoms with E-state index in [0.717, 1.165) is 9.56 Å². The van der Waals surface area contributed by atoms with E-state index in [1.165, 1.54) is 35.4 Å². The molecule has 1 fully saturated rings. The van der Waals surface area contributed by atoms with Crippen molar-refractivity contribution in [2.45, 2.75) is 11.7 Å². The number of carbonyl (C=O) groups excluding carboxylic acids is 1. The number of amides is 1. The Morgan fingerprint density at radius 2 is 2.08 bits per heavy atom. The van der Waals surface area contributed by atoms with Crippen LogP contribution in [-0.2, 0) is 16.9 Å². The molecule has 1 amide bonds. The lowest BCUT2D eigenvalue weighted by Crippen LogP contribution is -2.35. The van der Waals surface area contributed by atoms with Gasteiger partial charge in [-0.2, -0.15) is 5.10 Å². The molecule has 1 aliphatic heterocycles. The number of rotatable bonds is 2. The largest absolute Gasteiger partial charge is 0.336 e. The summed E-state index contributed by atoms with van der Waals surface area (Å²) in [7, 11) is -1.83. The Morgan fingerprint density at radius 3 is 2.75 bits per heavy atom. The van der Waals surface area contributed by atoms with Crippen molar-refractivity contribution in [3.8, 4) is 0 Å². The lowest BCUT2D eigenvalue weighted by molar-refractivity contribution is 0.0758. The summed E-state index contributed by atoms with van der Waals surface area (Å²) in [4.78, 5) is 26.3. The molecule has 1 saturated heterocycles. The molecule has 128 valence electrons. The summed E-state index contributed by atoms with van der Waals surface area (Å²) < 4.78 is 26.1. The first-order valence-electron chi connectivity index (χ1n) is 7.47. The molecule has 9 heteroatoms. The Kier molecular flexibility index (Phi) is 4.55. The van der Waals surface area contributed by atoms with Gasteiger partial charge < -0.3 is 4.90 Å². The third kappa shape index (κ3) is 3.27. The van der Waals surface area contributed by atoms with Gasteiger partial charge in [0.25, 0.3) is 11.5 Å². The SMILES string of the molecule is Cn1nc(C(=O)N2CCC(c3cccs3)S(=O)(=O)CC2)ccc1=O. The van der Waals surface area contributed by atoms with Crippen LogP contribution in [-0.4, -0.2) is 47.8 Å². The van der Waals surface area contributed by atoms with Gasteiger partial charge in [0, 0.05) is 31.1 Å². The van der Waals surface area contributed by atoms with Crippen LogP contribution in [0.2, 0.25) is 0 Å². The number of hydrogen-bond donors (Lipinski definition) is 0. The molecule has 0 spiro atoms. The molecular weight excluding hydrogens is 350 g/mol. The summed E-state index contributed by atoms with van der Waals surface area (Å²) in [6.07, 6.45) is 0.361. The fourth-order valence-electron chi connectivity index (χ4n) is 2.72. The molecule has 1 aliphatic rings. The minimum absolute atomic E-state index is 0.0763. The Bertz CT molecular complexity index is 903. The van der Waals surface area contributed by atoms with E-state index in [4.69, 9.17) is 0 Å². The topological polar surface area (TPSA) is 89.3 Å². The molecule has 3 rings (SSSR count). The second-order valence-electron chi connectivity index (χ2n) is 5.63. The van der Waals surface area contributed by atoms with Gasteiger partial charge in [-0.1, -0.05) is 6.07 Å². The Balaban J connectivity index is 1.83. The van der Waals surface area contributed by atoms with Crippen molar-refractivity contribution in [2.24, 2.45) is 7.05 Å². The first-order chi connectivity index (χ1) is 11.4. The van der Waals surface area contributed by atoms with Crippen molar-refractivity contribution < 1.29 is 13.2 Å². The highest BCUT2D eigenvalue weighted by Gasteiger charge is 2.33. The predicted molar refractivity (Wildman–Crippen MR) is 90.8 cm³/mol. The first kappa shape index (κ1) is 16.8. The molecule has 0 N–H and O–H groups in total. The molecule has 2 aromatic heterocycles. The zero-order valence-electron chi connectivity index (χ0n) is 13.1. The normalized spacial score (nSPS) is 20.5. The predicted octanol–water partition coefficient (Wildman–Crippen LogP) is 0.844. The molecular formula is C15H17N3O4S2. The minimum atomic E-state index is -3.31. The number of nitrogens with zero attached hydrogens (tertiary/aromatic N) is 3. The molecule has 0 aromatic carbocycles. The lowest BCUT2D eigenvalue weighted by atomic mass is 10.2. The van der Waals surface area contributed by atoms with Crippen molar-refractivity contribution in [1.29, 1.82) is 0 Å². The van der Waals surface area contributed by atoms with Crippen LogP contribution >= 0.6 is 11.3 Å². The Labute approximate surface area is 143 Å². The van der Waals surface area contributed by atoms with Crippen LogP contribution in [0.5, 0.6) is 0 Å². The summed E-state index contributed by atoms with van der Waals surface area (Å²) in [6, 6.07) is 6.31. The third-order valence-corrected chi connectivity index (χ3v) is 7.31. The maximum atomic E-state index is 12.6. The fraction of sp³-hybridized carbons (Fsp3) is 0.400. The van der Waals surface area contributed by atoms with E-state index in [9.17, 15) is 18.0 Å². The van der Waals surface area contributed by atoms with Crippen LogP contribution in [0, 0.1) is 0 Å². The summed E-state index contributed by atoms with van der Waals surface area (Å²) in [6.45, 7) is 0.471. The number of aryl methyl sites for hydroxylation is 1. The molecule has 7 nitrogen and oxygen atoms in total. The standard InChI is InChI=1S/C15H17N3O4S2/c1-17-14(19)5-4-11(16-17)15(20)18-7-6-13(12-3-2-9-23-12)24(21,22)10-8-18/h2-5,9,13H,6-8,10H2,1H3. The fourth-order valence-corrected chi connectivity index (χ4v) is 5.72. The first-order valence-corrected chi connectivity index (χ1v) is 10.1. The van der Waals surface area contributed by atoms with Gasteiger partial charge in [0.15, 0.2) is 9.84 Å². The van der Waals surface area contributed by atoms with Gasteiger partial charge in [-0.3, -0.25) is 9.59 Å². The second kappa shape index (κ2) is 6.48. The van der Waals surface area contributed by atoms with Gasteiger partial charge in [0.1, 0.15) is 5.69 Å². The number of aromatic nitrogens is 2. The van der Waals surface area contributed by atoms with Gasteiger partial charge in [0.2, 0.25) is 0 Å². The Morgan fingerprint density at radius 1 is 1.29 bits per heavy atom. The maximum Gasteiger partial charge on any atom is 0.274 e. The number of sulfone groups is 1. The average molecular weight is 367 g/mol. The van der Waals surface area contributed by atoms with Crippen molar-refractivity contribution in [1.82, 2.24) is 14.7 Å². The lowest BCUT2D eigenvalue weighted by Gasteiger charge is -2.19. The minimum Gasteiger partial charge on any atom is -0.336 e. The summed E-state index contributed by atoms with van der Waals surface area (Å²) in [5.74, 6) is -0.430. The molecule has 24 heavy (non-hydrogen) atoms. The van der Waals surface area contributed by atoms with Gasteiger partial charge >= 0.3 is 0 Å². The maximum absolute atomic E-state index is 12.6. The van der Waals surface area contributed by atoms with E-state index >= 15 is 0 Å². The molecule has 3 heterocycles. The van der Waals surface area contributed by atoms with E-state index < -0.39 is 15.1 Å². The smallest absolute Gasteiger partial charge is 0.274 e. The van der Waals surface area contributed by atoms with E-state index in [1.807, 2.05) is 17.5 Å². The molecule has 0 bridgehead atoms. The number of hydrogen-bond acceptors (Lipinski definition) is 6. The molecule has 0 aliphatic carbocycles. The van der Waals surface area contributed by atoms with Crippen LogP contribution in [0.1, 0.15) is 27.0 Å². The van der Waals surface area contributed by atoms with Gasteiger partial charge in [-0.25, -0.2) is 13.1 Å². The van der Waals surface area contributed by atoms with Crippen molar-refractivity contribution in [3.05, 3.63) is 50.6 Å². The van der Waals surface area contributed by atoms with Crippen molar-refractivity contribution in [2.75, 3.05) is 18.8 Å². The quantitative estimate of drug-likeness (QED) is 0.785. The third-order valence-electron chi connectivity index (χ3n) is 4.07. The van der Waals surface area contributed by atoms with Crippen molar-refractivity contribution in [3.63, 3.8) is 0 Å². The molecule has 1 unspecified atom stereocenters. The average Bonchev–Trinajstić information content (AvgIpc) is 3.01. The Hall–Kier alpha value is -2.00. The van der Waals surface area contributed by atoms with E-state index in [-0.39, 0.29) is 29.5 Å². The zero-order chi connectivity index (χ0) is 17.3. The van der Waals surface area contributed by atoms with E-state index in [1.54, 1.807) is 0 Å². The highest BCUT2D eigenvalue weighted by molar-refractivity contribution is 7.91. The van der Waals surface area contributed by atoms with E-state index in [0.29, 0.717) is 13.0 Å². The molecule has 2 aromatic rings. The summed E-state index contributed by atoms with van der Waals surface area (Å²) in [5.41, 5.74) is -0.160.